The van der Waals surface area contributed by atoms with Gasteiger partial charge in [-0.3, -0.25) is 4.79 Å². The van der Waals surface area contributed by atoms with Gasteiger partial charge in [0.05, 0.1) is 20.1 Å². The van der Waals surface area contributed by atoms with Gasteiger partial charge in [-0.1, -0.05) is 12.1 Å². The average Bonchev–Trinajstić information content (AvgIpc) is 2.60. The van der Waals surface area contributed by atoms with Gasteiger partial charge in [-0.2, -0.15) is 0 Å². The maximum atomic E-state index is 11.9. The van der Waals surface area contributed by atoms with Crippen molar-refractivity contribution in [3.63, 3.8) is 0 Å². The molecule has 0 aliphatic heterocycles. The summed E-state index contributed by atoms with van der Waals surface area (Å²) in [6.07, 6.45) is 3.12. The van der Waals surface area contributed by atoms with Gasteiger partial charge in [0.2, 0.25) is 0 Å². The summed E-state index contributed by atoms with van der Waals surface area (Å²) in [5, 5.41) is 5.81. The van der Waals surface area contributed by atoms with E-state index in [1.54, 1.807) is 7.11 Å². The third-order valence-corrected chi connectivity index (χ3v) is 4.21. The summed E-state index contributed by atoms with van der Waals surface area (Å²) in [6, 6.07) is 7.50. The molecule has 2 amide bonds. The molecule has 1 saturated carbocycles. The first-order chi connectivity index (χ1) is 11.1. The summed E-state index contributed by atoms with van der Waals surface area (Å²) in [7, 11) is 3.04. The first-order valence-electron chi connectivity index (χ1n) is 7.87. The standard InChI is InChI=1S/C17H24N2O4/c1-22-15-9-3-12(4-10-15)11-18-17(21)19-14-7-5-13(6-8-14)16(20)23-2/h3-4,9-10,13-14H,5-8,11H2,1-2H3,(H2,18,19,21). The first kappa shape index (κ1) is 17.1. The lowest BCUT2D eigenvalue weighted by Gasteiger charge is -2.27. The molecule has 0 heterocycles. The number of urea groups is 1. The summed E-state index contributed by atoms with van der Waals surface area (Å²) in [6.45, 7) is 0.466. The third kappa shape index (κ3) is 5.16. The number of rotatable bonds is 5. The number of hydrogen-bond donors (Lipinski definition) is 2. The summed E-state index contributed by atoms with van der Waals surface area (Å²) in [5.74, 6) is 0.619. The smallest absolute Gasteiger partial charge is 0.315 e. The predicted octanol–water partition coefficient (Wildman–Crippen LogP) is 2.23. The Hall–Kier alpha value is -2.24. The predicted molar refractivity (Wildman–Crippen MR) is 86.1 cm³/mol. The van der Waals surface area contributed by atoms with E-state index >= 15 is 0 Å². The van der Waals surface area contributed by atoms with E-state index in [4.69, 9.17) is 9.47 Å². The van der Waals surface area contributed by atoms with Crippen molar-refractivity contribution in [3.8, 4) is 5.75 Å². The van der Waals surface area contributed by atoms with Crippen molar-refractivity contribution < 1.29 is 19.1 Å². The maximum absolute atomic E-state index is 11.9. The van der Waals surface area contributed by atoms with Crippen LogP contribution in [0.4, 0.5) is 4.79 Å². The third-order valence-electron chi connectivity index (χ3n) is 4.21. The lowest BCUT2D eigenvalue weighted by atomic mass is 9.86. The number of nitrogens with one attached hydrogen (secondary N) is 2. The molecule has 2 rings (SSSR count). The molecule has 0 atom stereocenters. The van der Waals surface area contributed by atoms with Gasteiger partial charge >= 0.3 is 12.0 Å². The fourth-order valence-corrected chi connectivity index (χ4v) is 2.80. The lowest BCUT2D eigenvalue weighted by molar-refractivity contribution is -0.146. The highest BCUT2D eigenvalue weighted by atomic mass is 16.5. The Balaban J connectivity index is 1.70. The van der Waals surface area contributed by atoms with Crippen molar-refractivity contribution in [1.82, 2.24) is 10.6 Å². The van der Waals surface area contributed by atoms with Gasteiger partial charge in [-0.25, -0.2) is 4.79 Å². The van der Waals surface area contributed by atoms with Gasteiger partial charge in [-0.15, -0.1) is 0 Å². The number of esters is 1. The van der Waals surface area contributed by atoms with Crippen LogP contribution in [0.1, 0.15) is 31.2 Å². The molecule has 1 fully saturated rings. The van der Waals surface area contributed by atoms with E-state index in [1.165, 1.54) is 7.11 Å². The summed E-state index contributed by atoms with van der Waals surface area (Å²) in [5.41, 5.74) is 1.01. The minimum absolute atomic E-state index is 0.0274. The monoisotopic (exact) mass is 320 g/mol. The summed E-state index contributed by atoms with van der Waals surface area (Å²) in [4.78, 5) is 23.4. The van der Waals surface area contributed by atoms with Crippen LogP contribution >= 0.6 is 0 Å². The Morgan fingerprint density at radius 3 is 2.30 bits per heavy atom. The highest BCUT2D eigenvalue weighted by Gasteiger charge is 2.27. The van der Waals surface area contributed by atoms with Gasteiger partial charge in [0.1, 0.15) is 5.75 Å². The van der Waals surface area contributed by atoms with E-state index in [0.717, 1.165) is 37.0 Å². The Bertz CT molecular complexity index is 522. The average molecular weight is 320 g/mol. The first-order valence-corrected chi connectivity index (χ1v) is 7.87. The fourth-order valence-electron chi connectivity index (χ4n) is 2.80. The van der Waals surface area contributed by atoms with Crippen LogP contribution in [0, 0.1) is 5.92 Å². The van der Waals surface area contributed by atoms with Crippen LogP contribution in [0.3, 0.4) is 0 Å². The zero-order valence-electron chi connectivity index (χ0n) is 13.6. The molecule has 126 valence electrons. The minimum atomic E-state index is -0.178. The zero-order valence-corrected chi connectivity index (χ0v) is 13.6. The lowest BCUT2D eigenvalue weighted by Crippen LogP contribution is -2.44. The highest BCUT2D eigenvalue weighted by Crippen LogP contribution is 2.25. The second-order valence-electron chi connectivity index (χ2n) is 5.75. The van der Waals surface area contributed by atoms with Crippen molar-refractivity contribution in [1.29, 1.82) is 0 Å². The van der Waals surface area contributed by atoms with Gasteiger partial charge in [0.15, 0.2) is 0 Å². The normalized spacial score (nSPS) is 20.4. The molecule has 0 saturated heterocycles. The number of carbonyl (C=O) groups excluding carboxylic acids is 2. The molecule has 6 nitrogen and oxygen atoms in total. The molecule has 0 radical (unpaired) electrons. The van der Waals surface area contributed by atoms with Crippen molar-refractivity contribution >= 4 is 12.0 Å². The number of methoxy groups -OCH3 is 2. The molecule has 0 bridgehead atoms. The maximum Gasteiger partial charge on any atom is 0.315 e. The molecule has 1 aliphatic carbocycles. The van der Waals surface area contributed by atoms with Crippen molar-refractivity contribution in [2.45, 2.75) is 38.3 Å². The molecule has 0 aromatic heterocycles. The van der Waals surface area contributed by atoms with Crippen molar-refractivity contribution in [2.75, 3.05) is 14.2 Å². The van der Waals surface area contributed by atoms with Crippen LogP contribution in [0.25, 0.3) is 0 Å². The molecular formula is C17H24N2O4. The molecule has 23 heavy (non-hydrogen) atoms. The van der Waals surface area contributed by atoms with Gasteiger partial charge in [0, 0.05) is 12.6 Å². The minimum Gasteiger partial charge on any atom is -0.497 e. The summed E-state index contributed by atoms with van der Waals surface area (Å²) >= 11 is 0. The van der Waals surface area contributed by atoms with Crippen LogP contribution in [0.2, 0.25) is 0 Å². The van der Waals surface area contributed by atoms with E-state index in [0.29, 0.717) is 6.54 Å². The van der Waals surface area contributed by atoms with Gasteiger partial charge in [0.25, 0.3) is 0 Å². The van der Waals surface area contributed by atoms with Crippen LogP contribution in [-0.4, -0.2) is 32.3 Å². The van der Waals surface area contributed by atoms with E-state index < -0.39 is 0 Å². The Kier molecular flexibility index (Phi) is 6.26. The Morgan fingerprint density at radius 1 is 1.09 bits per heavy atom. The number of benzene rings is 1. The number of hydrogen-bond acceptors (Lipinski definition) is 4. The molecular weight excluding hydrogens is 296 g/mol. The number of carbonyl (C=O) groups is 2. The van der Waals surface area contributed by atoms with Crippen LogP contribution < -0.4 is 15.4 Å². The van der Waals surface area contributed by atoms with E-state index in [9.17, 15) is 9.59 Å². The van der Waals surface area contributed by atoms with Crippen LogP contribution in [0.15, 0.2) is 24.3 Å². The second kappa shape index (κ2) is 8.41. The molecule has 0 unspecified atom stereocenters. The summed E-state index contributed by atoms with van der Waals surface area (Å²) < 4.78 is 9.86. The van der Waals surface area contributed by atoms with Crippen molar-refractivity contribution in [3.05, 3.63) is 29.8 Å². The van der Waals surface area contributed by atoms with Crippen molar-refractivity contribution in [2.24, 2.45) is 5.92 Å². The topological polar surface area (TPSA) is 76.7 Å². The van der Waals surface area contributed by atoms with E-state index in [1.807, 2.05) is 24.3 Å². The quantitative estimate of drug-likeness (QED) is 0.816. The number of amides is 2. The Labute approximate surface area is 136 Å². The van der Waals surface area contributed by atoms with E-state index in [-0.39, 0.29) is 24.0 Å². The fraction of sp³-hybridized carbons (Fsp3) is 0.529. The van der Waals surface area contributed by atoms with Crippen LogP contribution in [0.5, 0.6) is 5.75 Å². The molecule has 1 aromatic rings. The SMILES string of the molecule is COC(=O)C1CCC(NC(=O)NCc2ccc(OC)cc2)CC1. The highest BCUT2D eigenvalue weighted by molar-refractivity contribution is 5.74. The molecule has 1 aromatic carbocycles. The molecule has 0 spiro atoms. The molecule has 2 N–H and O–H groups in total. The van der Waals surface area contributed by atoms with Gasteiger partial charge in [-0.05, 0) is 43.4 Å². The molecule has 6 heteroatoms. The van der Waals surface area contributed by atoms with Gasteiger partial charge < -0.3 is 20.1 Å². The van der Waals surface area contributed by atoms with Crippen LogP contribution in [-0.2, 0) is 16.1 Å². The Morgan fingerprint density at radius 2 is 1.74 bits per heavy atom. The number of ether oxygens (including phenoxy) is 2. The second-order valence-corrected chi connectivity index (χ2v) is 5.75. The largest absolute Gasteiger partial charge is 0.497 e. The molecule has 1 aliphatic rings. The zero-order chi connectivity index (χ0) is 16.7. The van der Waals surface area contributed by atoms with E-state index in [2.05, 4.69) is 10.6 Å².